The van der Waals surface area contributed by atoms with Crippen molar-refractivity contribution in [2.24, 2.45) is 0 Å². The van der Waals surface area contributed by atoms with Gasteiger partial charge in [-0.1, -0.05) is 34.1 Å². The van der Waals surface area contributed by atoms with Gasteiger partial charge >= 0.3 is 0 Å². The van der Waals surface area contributed by atoms with Crippen molar-refractivity contribution in [2.45, 2.75) is 0 Å². The zero-order chi connectivity index (χ0) is 16.5. The van der Waals surface area contributed by atoms with Crippen molar-refractivity contribution in [1.29, 1.82) is 0 Å². The molecule has 24 heavy (non-hydrogen) atoms. The number of aromatic amines is 1. The number of anilines is 1. The number of fused-ring (bicyclic) bond motifs is 1. The predicted octanol–water partition coefficient (Wildman–Crippen LogP) is 5.31. The Kier molecular flexibility index (Phi) is 3.92. The third-order valence-corrected chi connectivity index (χ3v) is 5.00. The SMILES string of the molecule is O=C(Nc1ccc(Br)cc1)c1csc(-c2cc3ccccc3[nH]2)n1. The average molecular weight is 398 g/mol. The van der Waals surface area contributed by atoms with Gasteiger partial charge in [-0.25, -0.2) is 4.98 Å². The van der Waals surface area contributed by atoms with Crippen LogP contribution in [-0.4, -0.2) is 15.9 Å². The number of hydrogen-bond acceptors (Lipinski definition) is 3. The normalized spacial score (nSPS) is 10.9. The summed E-state index contributed by atoms with van der Waals surface area (Å²) >= 11 is 4.82. The molecule has 4 aromatic rings. The van der Waals surface area contributed by atoms with E-state index in [1.807, 2.05) is 54.6 Å². The molecule has 0 aliphatic rings. The van der Waals surface area contributed by atoms with Gasteiger partial charge in [0, 0.05) is 26.4 Å². The number of nitrogens with one attached hydrogen (secondary N) is 2. The van der Waals surface area contributed by atoms with Gasteiger partial charge in [0.05, 0.1) is 5.69 Å². The third-order valence-electron chi connectivity index (χ3n) is 3.60. The van der Waals surface area contributed by atoms with Crippen LogP contribution in [0.1, 0.15) is 10.5 Å². The van der Waals surface area contributed by atoms with E-state index in [0.29, 0.717) is 5.69 Å². The molecule has 2 heterocycles. The van der Waals surface area contributed by atoms with Gasteiger partial charge in [0.2, 0.25) is 0 Å². The number of thiazole rings is 1. The van der Waals surface area contributed by atoms with E-state index in [1.54, 1.807) is 5.38 Å². The summed E-state index contributed by atoms with van der Waals surface area (Å²) in [5, 5.41) is 6.55. The van der Waals surface area contributed by atoms with Crippen molar-refractivity contribution in [3.8, 4) is 10.7 Å². The summed E-state index contributed by atoms with van der Waals surface area (Å²) < 4.78 is 0.968. The fourth-order valence-electron chi connectivity index (χ4n) is 2.42. The summed E-state index contributed by atoms with van der Waals surface area (Å²) in [6.45, 7) is 0. The molecular formula is C18H12BrN3OS. The largest absolute Gasteiger partial charge is 0.353 e. The Morgan fingerprint density at radius 3 is 2.71 bits per heavy atom. The van der Waals surface area contributed by atoms with Crippen LogP contribution in [0.4, 0.5) is 5.69 Å². The van der Waals surface area contributed by atoms with Crippen molar-refractivity contribution in [1.82, 2.24) is 9.97 Å². The number of amides is 1. The van der Waals surface area contributed by atoms with Crippen LogP contribution in [0, 0.1) is 0 Å². The number of halogens is 1. The molecule has 0 saturated heterocycles. The maximum absolute atomic E-state index is 12.3. The topological polar surface area (TPSA) is 57.8 Å². The number of hydrogen-bond donors (Lipinski definition) is 2. The van der Waals surface area contributed by atoms with Gasteiger partial charge in [0.1, 0.15) is 10.7 Å². The minimum absolute atomic E-state index is 0.212. The number of aromatic nitrogens is 2. The van der Waals surface area contributed by atoms with Crippen molar-refractivity contribution in [3.63, 3.8) is 0 Å². The Morgan fingerprint density at radius 2 is 1.92 bits per heavy atom. The molecule has 0 unspecified atom stereocenters. The standard InChI is InChI=1S/C18H12BrN3OS/c19-12-5-7-13(8-6-12)20-17(23)16-10-24-18(22-16)15-9-11-3-1-2-4-14(11)21-15/h1-10,21H,(H,20,23). The molecule has 0 saturated carbocycles. The third kappa shape index (κ3) is 2.98. The molecule has 4 nitrogen and oxygen atoms in total. The van der Waals surface area contributed by atoms with Crippen LogP contribution in [0.15, 0.2) is 64.5 Å². The fraction of sp³-hybridized carbons (Fsp3) is 0. The molecular weight excluding hydrogens is 386 g/mol. The molecule has 4 rings (SSSR count). The Bertz CT molecular complexity index is 987. The molecule has 0 radical (unpaired) electrons. The first-order valence-corrected chi connectivity index (χ1v) is 8.97. The number of carbonyl (C=O) groups excluding carboxylic acids is 1. The molecule has 0 bridgehead atoms. The molecule has 0 fully saturated rings. The van der Waals surface area contributed by atoms with E-state index in [-0.39, 0.29) is 5.91 Å². The maximum atomic E-state index is 12.3. The Balaban J connectivity index is 1.57. The molecule has 6 heteroatoms. The molecule has 2 N–H and O–H groups in total. The highest BCUT2D eigenvalue weighted by molar-refractivity contribution is 9.10. The highest BCUT2D eigenvalue weighted by atomic mass is 79.9. The molecule has 1 amide bonds. The molecule has 0 aliphatic carbocycles. The van der Waals surface area contributed by atoms with Gasteiger partial charge in [0.25, 0.3) is 5.91 Å². The van der Waals surface area contributed by atoms with Crippen molar-refractivity contribution >= 4 is 49.8 Å². The van der Waals surface area contributed by atoms with Crippen molar-refractivity contribution in [3.05, 3.63) is 70.1 Å². The Labute approximate surface area is 150 Å². The van der Waals surface area contributed by atoms with Gasteiger partial charge < -0.3 is 10.3 Å². The molecule has 0 aliphatic heterocycles. The summed E-state index contributed by atoms with van der Waals surface area (Å²) in [6, 6.07) is 17.5. The van der Waals surface area contributed by atoms with Crippen molar-refractivity contribution < 1.29 is 4.79 Å². The highest BCUT2D eigenvalue weighted by Crippen LogP contribution is 2.27. The second kappa shape index (κ2) is 6.22. The zero-order valence-corrected chi connectivity index (χ0v) is 14.8. The Hall–Kier alpha value is -2.44. The van der Waals surface area contributed by atoms with Gasteiger partial charge in [0.15, 0.2) is 0 Å². The number of benzene rings is 2. The minimum Gasteiger partial charge on any atom is -0.353 e. The smallest absolute Gasteiger partial charge is 0.275 e. The lowest BCUT2D eigenvalue weighted by Gasteiger charge is -2.02. The van der Waals surface area contributed by atoms with Gasteiger partial charge in [-0.2, -0.15) is 0 Å². The molecule has 0 spiro atoms. The number of H-pyrrole nitrogens is 1. The second-order valence-corrected chi connectivity index (χ2v) is 7.04. The summed E-state index contributed by atoms with van der Waals surface area (Å²) in [5.41, 5.74) is 3.13. The van der Waals surface area contributed by atoms with Crippen LogP contribution in [0.5, 0.6) is 0 Å². The van der Waals surface area contributed by atoms with E-state index in [2.05, 4.69) is 31.2 Å². The maximum Gasteiger partial charge on any atom is 0.275 e. The molecule has 2 aromatic carbocycles. The number of carbonyl (C=O) groups is 1. The van der Waals surface area contributed by atoms with Gasteiger partial charge in [-0.05, 0) is 36.4 Å². The summed E-state index contributed by atoms with van der Waals surface area (Å²) in [4.78, 5) is 20.1. The predicted molar refractivity (Wildman–Crippen MR) is 102 cm³/mol. The van der Waals surface area contributed by atoms with E-state index < -0.39 is 0 Å². The Morgan fingerprint density at radius 1 is 1.12 bits per heavy atom. The van der Waals surface area contributed by atoms with Crippen LogP contribution in [0.2, 0.25) is 0 Å². The first-order valence-electron chi connectivity index (χ1n) is 7.29. The summed E-state index contributed by atoms with van der Waals surface area (Å²) in [5.74, 6) is -0.212. The molecule has 0 atom stereocenters. The molecule has 118 valence electrons. The van der Waals surface area contributed by atoms with Crippen LogP contribution in [0.3, 0.4) is 0 Å². The van der Waals surface area contributed by atoms with Gasteiger partial charge in [-0.15, -0.1) is 11.3 Å². The summed E-state index contributed by atoms with van der Waals surface area (Å²) in [7, 11) is 0. The van der Waals surface area contributed by atoms with Gasteiger partial charge in [-0.3, -0.25) is 4.79 Å². The lowest BCUT2D eigenvalue weighted by Crippen LogP contribution is -2.12. The first-order chi connectivity index (χ1) is 11.7. The van der Waals surface area contributed by atoms with E-state index in [1.165, 1.54) is 11.3 Å². The number of para-hydroxylation sites is 1. The lowest BCUT2D eigenvalue weighted by atomic mass is 10.2. The first kappa shape index (κ1) is 15.1. The zero-order valence-electron chi connectivity index (χ0n) is 12.4. The quantitative estimate of drug-likeness (QED) is 0.492. The lowest BCUT2D eigenvalue weighted by molar-refractivity contribution is 0.102. The highest BCUT2D eigenvalue weighted by Gasteiger charge is 2.13. The summed E-state index contributed by atoms with van der Waals surface area (Å²) in [6.07, 6.45) is 0. The number of nitrogens with zero attached hydrogens (tertiary/aromatic N) is 1. The number of rotatable bonds is 3. The molecule has 2 aromatic heterocycles. The minimum atomic E-state index is -0.212. The second-order valence-electron chi connectivity index (χ2n) is 5.27. The van der Waals surface area contributed by atoms with E-state index in [4.69, 9.17) is 0 Å². The van der Waals surface area contributed by atoms with E-state index >= 15 is 0 Å². The van der Waals surface area contributed by atoms with Crippen LogP contribution in [0.25, 0.3) is 21.6 Å². The van der Waals surface area contributed by atoms with Crippen molar-refractivity contribution in [2.75, 3.05) is 5.32 Å². The van der Waals surface area contributed by atoms with Crippen LogP contribution in [-0.2, 0) is 0 Å². The van der Waals surface area contributed by atoms with Crippen LogP contribution >= 0.6 is 27.3 Å². The monoisotopic (exact) mass is 397 g/mol. The fourth-order valence-corrected chi connectivity index (χ4v) is 3.45. The average Bonchev–Trinajstić information content (AvgIpc) is 3.23. The van der Waals surface area contributed by atoms with E-state index in [9.17, 15) is 4.79 Å². The van der Waals surface area contributed by atoms with Crippen LogP contribution < -0.4 is 5.32 Å². The van der Waals surface area contributed by atoms with E-state index in [0.717, 1.165) is 31.8 Å².